The lowest BCUT2D eigenvalue weighted by Gasteiger charge is -2.13. The van der Waals surface area contributed by atoms with E-state index in [1.54, 1.807) is 22.7 Å². The molecule has 6 aromatic heterocycles. The lowest BCUT2D eigenvalue weighted by molar-refractivity contribution is 0.952. The van der Waals surface area contributed by atoms with Crippen molar-refractivity contribution < 1.29 is 0 Å². The molecule has 0 unspecified atom stereocenters. The van der Waals surface area contributed by atoms with Gasteiger partial charge in [-0.25, -0.2) is 9.97 Å². The van der Waals surface area contributed by atoms with Gasteiger partial charge >= 0.3 is 0 Å². The van der Waals surface area contributed by atoms with Crippen LogP contribution in [0.4, 0.5) is 0 Å². The molecule has 6 heterocycles. The molecule has 9 aromatic carbocycles. The van der Waals surface area contributed by atoms with Crippen molar-refractivity contribution in [2.24, 2.45) is 0 Å². The minimum atomic E-state index is 0.526. The number of nitrogens with zero attached hydrogens (tertiary/aromatic N) is 8. The summed E-state index contributed by atoms with van der Waals surface area (Å²) in [6.45, 7) is 0. The van der Waals surface area contributed by atoms with Crippen LogP contribution < -0.4 is 0 Å². The largest absolute Gasteiger partial charge is 0.278 e. The van der Waals surface area contributed by atoms with E-state index >= 15 is 0 Å². The van der Waals surface area contributed by atoms with Crippen molar-refractivity contribution in [3.8, 4) is 57.4 Å². The fraction of sp³-hybridized carbons (Fsp3) is 0. The minimum absolute atomic E-state index is 0.526. The van der Waals surface area contributed by atoms with Crippen molar-refractivity contribution in [3.05, 3.63) is 206 Å². The quantitative estimate of drug-likeness (QED) is 0.165. The molecule has 0 aliphatic rings. The van der Waals surface area contributed by atoms with Gasteiger partial charge in [0.2, 0.25) is 11.9 Å². The summed E-state index contributed by atoms with van der Waals surface area (Å²) in [5.41, 5.74) is 7.63. The zero-order valence-electron chi connectivity index (χ0n) is 37.0. The van der Waals surface area contributed by atoms with E-state index in [1.807, 2.05) is 60.7 Å². The molecule has 0 aliphatic carbocycles. The van der Waals surface area contributed by atoms with Gasteiger partial charge in [0.05, 0.1) is 22.1 Å². The number of rotatable bonds is 6. The Labute approximate surface area is 407 Å². The van der Waals surface area contributed by atoms with Crippen LogP contribution in [0.25, 0.3) is 141 Å². The maximum absolute atomic E-state index is 5.57. The van der Waals surface area contributed by atoms with Crippen molar-refractivity contribution in [1.29, 1.82) is 0 Å². The van der Waals surface area contributed by atoms with E-state index < -0.39 is 0 Å². The Morgan fingerprint density at radius 3 is 1.31 bits per heavy atom. The number of para-hydroxylation sites is 2. The molecule has 326 valence electrons. The second-order valence-corrected chi connectivity index (χ2v) is 19.5. The fourth-order valence-electron chi connectivity index (χ4n) is 10.4. The summed E-state index contributed by atoms with van der Waals surface area (Å²) >= 11 is 3.55. The second-order valence-electron chi connectivity index (χ2n) is 17.4. The Morgan fingerprint density at radius 1 is 0.286 bits per heavy atom. The first-order valence-corrected chi connectivity index (χ1v) is 24.8. The Hall–Kier alpha value is -8.96. The predicted molar refractivity (Wildman–Crippen MR) is 289 cm³/mol. The first-order chi connectivity index (χ1) is 34.7. The van der Waals surface area contributed by atoms with Gasteiger partial charge in [-0.1, -0.05) is 164 Å². The van der Waals surface area contributed by atoms with Crippen LogP contribution in [-0.2, 0) is 0 Å². The molecule has 70 heavy (non-hydrogen) atoms. The third kappa shape index (κ3) is 5.87. The molecule has 0 fully saturated rings. The summed E-state index contributed by atoms with van der Waals surface area (Å²) < 4.78 is 9.16. The molecule has 15 aromatic rings. The van der Waals surface area contributed by atoms with Crippen molar-refractivity contribution in [2.45, 2.75) is 0 Å². The molecule has 8 nitrogen and oxygen atoms in total. The van der Waals surface area contributed by atoms with Crippen LogP contribution in [0.15, 0.2) is 206 Å². The smallest absolute Gasteiger partial charge is 0.238 e. The van der Waals surface area contributed by atoms with Crippen LogP contribution >= 0.6 is 22.7 Å². The van der Waals surface area contributed by atoms with Gasteiger partial charge in [0.1, 0.15) is 0 Å². The minimum Gasteiger partial charge on any atom is -0.278 e. The Kier molecular flexibility index (Phi) is 8.53. The zero-order chi connectivity index (χ0) is 45.9. The third-order valence-electron chi connectivity index (χ3n) is 13.5. The van der Waals surface area contributed by atoms with Crippen molar-refractivity contribution in [3.63, 3.8) is 0 Å². The third-order valence-corrected chi connectivity index (χ3v) is 15.9. The van der Waals surface area contributed by atoms with Crippen molar-refractivity contribution in [2.75, 3.05) is 0 Å². The van der Waals surface area contributed by atoms with Gasteiger partial charge in [0.25, 0.3) is 0 Å². The van der Waals surface area contributed by atoms with Gasteiger partial charge in [0.15, 0.2) is 23.3 Å². The number of thiophene rings is 2. The average molecular weight is 931 g/mol. The summed E-state index contributed by atoms with van der Waals surface area (Å²) in [6.07, 6.45) is 0. The highest BCUT2D eigenvalue weighted by Gasteiger charge is 2.26. The topological polar surface area (TPSA) is 87.2 Å². The van der Waals surface area contributed by atoms with E-state index in [9.17, 15) is 0 Å². The van der Waals surface area contributed by atoms with Gasteiger partial charge in [-0.05, 0) is 42.5 Å². The molecule has 0 radical (unpaired) electrons. The average Bonchev–Trinajstić information content (AvgIpc) is 4.19. The lowest BCUT2D eigenvalue weighted by atomic mass is 10.1. The highest BCUT2D eigenvalue weighted by molar-refractivity contribution is 7.26. The van der Waals surface area contributed by atoms with Gasteiger partial charge in [-0.15, -0.1) is 22.7 Å². The molecular weight excluding hydrogens is 897 g/mol. The number of hydrogen-bond donors (Lipinski definition) is 0. The van der Waals surface area contributed by atoms with Gasteiger partial charge in [-0.3, -0.25) is 9.13 Å². The molecule has 0 bridgehead atoms. The van der Waals surface area contributed by atoms with Crippen LogP contribution in [-0.4, -0.2) is 39.0 Å². The fourth-order valence-corrected chi connectivity index (χ4v) is 12.8. The number of aromatic nitrogens is 8. The molecular formula is C60H34N8S2. The molecule has 10 heteroatoms. The molecule has 0 atom stereocenters. The molecule has 0 spiro atoms. The van der Waals surface area contributed by atoms with Crippen LogP contribution in [0, 0.1) is 0 Å². The predicted octanol–water partition coefficient (Wildman–Crippen LogP) is 15.7. The van der Waals surface area contributed by atoms with Crippen LogP contribution in [0.3, 0.4) is 0 Å². The van der Waals surface area contributed by atoms with Crippen LogP contribution in [0.2, 0.25) is 0 Å². The summed E-state index contributed by atoms with van der Waals surface area (Å²) in [6, 6.07) is 72.0. The molecule has 0 saturated carbocycles. The highest BCUT2D eigenvalue weighted by atomic mass is 32.1. The Bertz CT molecular complexity index is 4420. The van der Waals surface area contributed by atoms with E-state index in [2.05, 4.69) is 155 Å². The second kappa shape index (κ2) is 15.3. The van der Waals surface area contributed by atoms with E-state index in [-0.39, 0.29) is 0 Å². The summed E-state index contributed by atoms with van der Waals surface area (Å²) in [7, 11) is 0. The normalized spacial score (nSPS) is 12.0. The van der Waals surface area contributed by atoms with E-state index in [0.717, 1.165) is 75.3 Å². The Balaban J connectivity index is 1.05. The van der Waals surface area contributed by atoms with Crippen molar-refractivity contribution >= 4 is 107 Å². The van der Waals surface area contributed by atoms with Crippen molar-refractivity contribution in [1.82, 2.24) is 39.0 Å². The standard InChI is InChI=1S/C60H34N8S2/c1-3-17-35(18-4-1)55-61-56(36-19-5-2-6-20-36)64-59(63-55)67-47-30-12-8-24-43(47)51-48(67)34-33-40-37-21-7-11-29-46(37)68(52(40)51)60-65-57(44-27-15-25-41-38-22-9-13-31-49(38)69-53(41)44)62-58(66-60)45-28-16-26-42-39-23-10-14-32-50(39)70-54(42)45/h1-34H. The number of benzene rings is 9. The molecule has 0 aliphatic heterocycles. The van der Waals surface area contributed by atoms with Gasteiger partial charge < -0.3 is 0 Å². The summed E-state index contributed by atoms with van der Waals surface area (Å²) in [5, 5.41) is 9.07. The number of hydrogen-bond acceptors (Lipinski definition) is 8. The van der Waals surface area contributed by atoms with Crippen LogP contribution in [0.5, 0.6) is 0 Å². The first-order valence-electron chi connectivity index (χ1n) is 23.1. The molecule has 0 amide bonds. The maximum atomic E-state index is 5.57. The van der Waals surface area contributed by atoms with E-state index in [0.29, 0.717) is 35.2 Å². The maximum Gasteiger partial charge on any atom is 0.238 e. The van der Waals surface area contributed by atoms with Gasteiger partial charge in [-0.2, -0.15) is 19.9 Å². The number of fused-ring (bicyclic) bond motifs is 13. The monoisotopic (exact) mass is 930 g/mol. The highest BCUT2D eigenvalue weighted by Crippen LogP contribution is 2.45. The van der Waals surface area contributed by atoms with Crippen LogP contribution in [0.1, 0.15) is 0 Å². The lowest BCUT2D eigenvalue weighted by Crippen LogP contribution is -2.07. The molecule has 0 N–H and O–H groups in total. The zero-order valence-corrected chi connectivity index (χ0v) is 38.7. The first kappa shape index (κ1) is 39.1. The summed E-state index contributed by atoms with van der Waals surface area (Å²) in [5.74, 6) is 3.48. The van der Waals surface area contributed by atoms with E-state index in [1.165, 1.54) is 30.9 Å². The molecule has 0 saturated heterocycles. The SMILES string of the molecule is c1ccc(-c2nc(-c3ccccc3)nc(-n3c4ccccc4c4c3ccc3c5ccccc5n(-c5nc(-c6cccc7c6sc6ccccc67)nc(-c6cccc7c6sc6ccccc67)n5)c34)n2)cc1. The molecule has 15 rings (SSSR count). The summed E-state index contributed by atoms with van der Waals surface area (Å²) in [4.78, 5) is 32.1. The van der Waals surface area contributed by atoms with E-state index in [4.69, 9.17) is 29.9 Å². The van der Waals surface area contributed by atoms with Gasteiger partial charge in [0, 0.05) is 84.1 Å². The Morgan fingerprint density at radius 2 is 0.729 bits per heavy atom.